The molecule has 0 saturated heterocycles. The smallest absolute Gasteiger partial charge is 0.306 e. The Morgan fingerprint density at radius 3 is 2.62 bits per heavy atom. The van der Waals surface area contributed by atoms with Crippen molar-refractivity contribution in [2.24, 2.45) is 0 Å². The van der Waals surface area contributed by atoms with Crippen LogP contribution in [0.15, 0.2) is 0 Å². The van der Waals surface area contributed by atoms with E-state index in [1.54, 1.807) is 6.92 Å². The van der Waals surface area contributed by atoms with Crippen LogP contribution in [0.4, 0.5) is 0 Å². The summed E-state index contributed by atoms with van der Waals surface area (Å²) in [5.74, 6) is -0.199. The number of hydrogen-bond acceptors (Lipinski definition) is 3. The quantitative estimate of drug-likeness (QED) is 0.613. The van der Waals surface area contributed by atoms with Gasteiger partial charge in [0.2, 0.25) is 0 Å². The maximum Gasteiger partial charge on any atom is 0.306 e. The summed E-state index contributed by atoms with van der Waals surface area (Å²) in [4.78, 5) is 24.9. The number of aromatic amines is 1. The van der Waals surface area contributed by atoms with Crippen LogP contribution >= 0.6 is 0 Å². The van der Waals surface area contributed by atoms with Crippen LogP contribution in [0.2, 0.25) is 0 Å². The fraction of sp³-hybridized carbons (Fsp3) is 0.500. The van der Waals surface area contributed by atoms with Crippen molar-refractivity contribution in [3.8, 4) is 0 Å². The molecular weight excluding hydrogens is 206 g/mol. The average molecular weight is 223 g/mol. The molecule has 16 heavy (non-hydrogen) atoms. The lowest BCUT2D eigenvalue weighted by Gasteiger charge is -2.02. The van der Waals surface area contributed by atoms with Crippen molar-refractivity contribution in [2.45, 2.75) is 33.6 Å². The van der Waals surface area contributed by atoms with Gasteiger partial charge in [-0.2, -0.15) is 0 Å². The molecule has 1 rings (SSSR count). The first-order chi connectivity index (χ1) is 7.60. The Labute approximate surface area is 95.0 Å². The average Bonchev–Trinajstić information content (AvgIpc) is 2.52. The molecule has 0 aliphatic rings. The van der Waals surface area contributed by atoms with Gasteiger partial charge in [-0.1, -0.05) is 0 Å². The SMILES string of the molecule is CCOC(=O)CCc1c(C)[nH]c(C=O)c1C. The van der Waals surface area contributed by atoms with Crippen molar-refractivity contribution in [1.29, 1.82) is 0 Å². The van der Waals surface area contributed by atoms with Crippen molar-refractivity contribution in [3.63, 3.8) is 0 Å². The van der Waals surface area contributed by atoms with E-state index in [2.05, 4.69) is 4.98 Å². The summed E-state index contributed by atoms with van der Waals surface area (Å²) in [6, 6.07) is 0. The number of hydrogen-bond donors (Lipinski definition) is 1. The molecule has 0 aliphatic carbocycles. The fourth-order valence-electron chi connectivity index (χ4n) is 1.77. The zero-order valence-corrected chi connectivity index (χ0v) is 9.92. The number of aryl methyl sites for hydroxylation is 1. The summed E-state index contributed by atoms with van der Waals surface area (Å²) in [7, 11) is 0. The fourth-order valence-corrected chi connectivity index (χ4v) is 1.77. The van der Waals surface area contributed by atoms with Crippen LogP contribution in [0.1, 0.15) is 40.7 Å². The number of rotatable bonds is 5. The Hall–Kier alpha value is -1.58. The van der Waals surface area contributed by atoms with Gasteiger partial charge in [0.15, 0.2) is 6.29 Å². The number of nitrogens with one attached hydrogen (secondary N) is 1. The van der Waals surface area contributed by atoms with Gasteiger partial charge < -0.3 is 9.72 Å². The van der Waals surface area contributed by atoms with Crippen molar-refractivity contribution in [2.75, 3.05) is 6.61 Å². The standard InChI is InChI=1S/C12H17NO3/c1-4-16-12(15)6-5-10-8(2)11(7-14)13-9(10)3/h7,13H,4-6H2,1-3H3. The number of H-pyrrole nitrogens is 1. The predicted octanol–water partition coefficient (Wildman–Crippen LogP) is 1.94. The lowest BCUT2D eigenvalue weighted by atomic mass is 10.1. The lowest BCUT2D eigenvalue weighted by molar-refractivity contribution is -0.143. The van der Waals surface area contributed by atoms with E-state index in [4.69, 9.17) is 4.74 Å². The summed E-state index contributed by atoms with van der Waals surface area (Å²) >= 11 is 0. The number of aldehydes is 1. The van der Waals surface area contributed by atoms with Crippen molar-refractivity contribution >= 4 is 12.3 Å². The van der Waals surface area contributed by atoms with E-state index in [1.165, 1.54) is 0 Å². The summed E-state index contributed by atoms with van der Waals surface area (Å²) < 4.78 is 4.86. The molecule has 88 valence electrons. The molecular formula is C12H17NO3. The number of esters is 1. The zero-order valence-electron chi connectivity index (χ0n) is 9.92. The predicted molar refractivity (Wildman–Crippen MR) is 60.6 cm³/mol. The van der Waals surface area contributed by atoms with Crippen LogP contribution < -0.4 is 0 Å². The van der Waals surface area contributed by atoms with E-state index in [-0.39, 0.29) is 5.97 Å². The Bertz CT molecular complexity index is 393. The normalized spacial score (nSPS) is 10.2. The molecule has 0 amide bonds. The number of aromatic nitrogens is 1. The minimum atomic E-state index is -0.199. The Morgan fingerprint density at radius 2 is 2.12 bits per heavy atom. The summed E-state index contributed by atoms with van der Waals surface area (Å²) in [6.45, 7) is 5.98. The van der Waals surface area contributed by atoms with Crippen LogP contribution in [0, 0.1) is 13.8 Å². The van der Waals surface area contributed by atoms with Gasteiger partial charge in [0, 0.05) is 12.1 Å². The lowest BCUT2D eigenvalue weighted by Crippen LogP contribution is -2.05. The molecule has 4 heteroatoms. The molecule has 1 aromatic rings. The Balaban J connectivity index is 2.70. The molecule has 0 bridgehead atoms. The van der Waals surface area contributed by atoms with Crippen LogP contribution in [0.25, 0.3) is 0 Å². The molecule has 4 nitrogen and oxygen atoms in total. The highest BCUT2D eigenvalue weighted by molar-refractivity contribution is 5.76. The molecule has 0 atom stereocenters. The van der Waals surface area contributed by atoms with E-state index in [0.29, 0.717) is 25.1 Å². The number of carbonyl (C=O) groups is 2. The molecule has 1 N–H and O–H groups in total. The molecule has 0 spiro atoms. The first-order valence-corrected chi connectivity index (χ1v) is 5.39. The summed E-state index contributed by atoms with van der Waals surface area (Å²) in [5, 5.41) is 0. The van der Waals surface area contributed by atoms with Crippen LogP contribution in [-0.4, -0.2) is 23.8 Å². The van der Waals surface area contributed by atoms with E-state index in [0.717, 1.165) is 23.1 Å². The molecule has 1 heterocycles. The third-order valence-corrected chi connectivity index (χ3v) is 2.63. The molecule has 0 radical (unpaired) electrons. The van der Waals surface area contributed by atoms with Crippen molar-refractivity contribution < 1.29 is 14.3 Å². The van der Waals surface area contributed by atoms with E-state index >= 15 is 0 Å². The van der Waals surface area contributed by atoms with Crippen LogP contribution in [0.3, 0.4) is 0 Å². The minimum absolute atomic E-state index is 0.199. The third-order valence-electron chi connectivity index (χ3n) is 2.63. The third kappa shape index (κ3) is 2.72. The maximum absolute atomic E-state index is 11.2. The van der Waals surface area contributed by atoms with Gasteiger partial charge in [-0.15, -0.1) is 0 Å². The van der Waals surface area contributed by atoms with Gasteiger partial charge in [0.05, 0.1) is 12.3 Å². The Kier molecular flexibility index (Phi) is 4.28. The highest BCUT2D eigenvalue weighted by Gasteiger charge is 2.12. The second-order valence-electron chi connectivity index (χ2n) is 3.69. The monoisotopic (exact) mass is 223 g/mol. The van der Waals surface area contributed by atoms with Crippen LogP contribution in [0.5, 0.6) is 0 Å². The highest BCUT2D eigenvalue weighted by atomic mass is 16.5. The summed E-state index contributed by atoms with van der Waals surface area (Å²) in [6.07, 6.45) is 1.77. The Morgan fingerprint density at radius 1 is 1.44 bits per heavy atom. The van der Waals surface area contributed by atoms with Crippen LogP contribution in [-0.2, 0) is 16.0 Å². The second-order valence-corrected chi connectivity index (χ2v) is 3.69. The molecule has 1 aromatic heterocycles. The number of carbonyl (C=O) groups excluding carboxylic acids is 2. The first-order valence-electron chi connectivity index (χ1n) is 5.39. The molecule has 0 aromatic carbocycles. The minimum Gasteiger partial charge on any atom is -0.466 e. The zero-order chi connectivity index (χ0) is 12.1. The van der Waals surface area contributed by atoms with E-state index in [9.17, 15) is 9.59 Å². The first kappa shape index (κ1) is 12.5. The topological polar surface area (TPSA) is 59.2 Å². The van der Waals surface area contributed by atoms with Crippen molar-refractivity contribution in [1.82, 2.24) is 4.98 Å². The van der Waals surface area contributed by atoms with E-state index < -0.39 is 0 Å². The second kappa shape index (κ2) is 5.49. The maximum atomic E-state index is 11.2. The largest absolute Gasteiger partial charge is 0.466 e. The number of ether oxygens (including phenoxy) is 1. The molecule has 0 aliphatic heterocycles. The molecule has 0 fully saturated rings. The van der Waals surface area contributed by atoms with Gasteiger partial charge >= 0.3 is 5.97 Å². The van der Waals surface area contributed by atoms with Gasteiger partial charge in [-0.05, 0) is 38.3 Å². The van der Waals surface area contributed by atoms with Gasteiger partial charge in [0.25, 0.3) is 0 Å². The van der Waals surface area contributed by atoms with Crippen molar-refractivity contribution in [3.05, 3.63) is 22.5 Å². The van der Waals surface area contributed by atoms with Gasteiger partial charge in [-0.3, -0.25) is 9.59 Å². The molecule has 0 saturated carbocycles. The molecule has 0 unspecified atom stereocenters. The van der Waals surface area contributed by atoms with E-state index in [1.807, 2.05) is 13.8 Å². The highest BCUT2D eigenvalue weighted by Crippen LogP contribution is 2.18. The van der Waals surface area contributed by atoms with Gasteiger partial charge in [-0.25, -0.2) is 0 Å². The van der Waals surface area contributed by atoms with Gasteiger partial charge in [0.1, 0.15) is 0 Å². The summed E-state index contributed by atoms with van der Waals surface area (Å²) in [5.41, 5.74) is 3.51.